The Kier molecular flexibility index (Phi) is 4.80. The van der Waals surface area contributed by atoms with Crippen LogP contribution in [0.15, 0.2) is 12.1 Å². The van der Waals surface area contributed by atoms with E-state index in [9.17, 15) is 13.2 Å². The van der Waals surface area contributed by atoms with Gasteiger partial charge in [-0.25, -0.2) is 13.2 Å². The number of halogens is 3. The van der Waals surface area contributed by atoms with Crippen molar-refractivity contribution >= 4 is 0 Å². The molecule has 0 aliphatic rings. The van der Waals surface area contributed by atoms with Crippen LogP contribution in [0.2, 0.25) is 0 Å². The minimum Gasteiger partial charge on any atom is -0.324 e. The minimum absolute atomic E-state index is 0.0509. The molecule has 0 aromatic heterocycles. The summed E-state index contributed by atoms with van der Waals surface area (Å²) in [5.74, 6) is -3.78. The number of nitrogens with two attached hydrogens (primary N) is 1. The molecule has 0 aliphatic heterocycles. The third-order valence-electron chi connectivity index (χ3n) is 2.58. The molecule has 0 fully saturated rings. The van der Waals surface area contributed by atoms with E-state index in [0.717, 1.165) is 25.3 Å². The number of rotatable bonds is 5. The van der Waals surface area contributed by atoms with Crippen LogP contribution in [0.1, 0.15) is 44.2 Å². The van der Waals surface area contributed by atoms with Crippen LogP contribution in [0.4, 0.5) is 13.2 Å². The second-order valence-electron chi connectivity index (χ2n) is 3.87. The molecular formula is C12H16F3N. The first kappa shape index (κ1) is 13.0. The van der Waals surface area contributed by atoms with E-state index in [1.807, 2.05) is 6.92 Å². The summed E-state index contributed by atoms with van der Waals surface area (Å²) >= 11 is 0. The van der Waals surface area contributed by atoms with E-state index in [2.05, 4.69) is 0 Å². The van der Waals surface area contributed by atoms with Crippen molar-refractivity contribution in [1.82, 2.24) is 0 Å². The van der Waals surface area contributed by atoms with Crippen LogP contribution in [0.3, 0.4) is 0 Å². The van der Waals surface area contributed by atoms with Crippen molar-refractivity contribution in [1.29, 1.82) is 0 Å². The Morgan fingerprint density at radius 3 is 2.44 bits per heavy atom. The third-order valence-corrected chi connectivity index (χ3v) is 2.58. The van der Waals surface area contributed by atoms with E-state index >= 15 is 0 Å². The quantitative estimate of drug-likeness (QED) is 0.607. The fourth-order valence-electron chi connectivity index (χ4n) is 1.60. The lowest BCUT2D eigenvalue weighted by molar-refractivity contribution is 0.431. The van der Waals surface area contributed by atoms with Gasteiger partial charge in [-0.2, -0.15) is 0 Å². The van der Waals surface area contributed by atoms with E-state index in [4.69, 9.17) is 5.73 Å². The Morgan fingerprint density at radius 1 is 1.12 bits per heavy atom. The molecule has 0 radical (unpaired) electrons. The van der Waals surface area contributed by atoms with Crippen molar-refractivity contribution < 1.29 is 13.2 Å². The maximum Gasteiger partial charge on any atom is 0.194 e. The second kappa shape index (κ2) is 5.89. The normalized spacial score (nSPS) is 12.8. The molecule has 1 atom stereocenters. The van der Waals surface area contributed by atoms with Crippen molar-refractivity contribution in [3.63, 3.8) is 0 Å². The van der Waals surface area contributed by atoms with Gasteiger partial charge < -0.3 is 5.73 Å². The highest BCUT2D eigenvalue weighted by Crippen LogP contribution is 2.23. The van der Waals surface area contributed by atoms with E-state index in [0.29, 0.717) is 6.42 Å². The standard InChI is InChI=1S/C12H16F3N/c1-2-3-4-5-10(16)8-6-7-9(13)12(15)11(8)14/h6-7,10H,2-5,16H2,1H3. The zero-order valence-corrected chi connectivity index (χ0v) is 9.27. The monoisotopic (exact) mass is 231 g/mol. The molecule has 4 heteroatoms. The molecule has 1 aromatic rings. The average molecular weight is 231 g/mol. The molecule has 0 aliphatic carbocycles. The molecule has 90 valence electrons. The largest absolute Gasteiger partial charge is 0.324 e. The summed E-state index contributed by atoms with van der Waals surface area (Å²) in [4.78, 5) is 0. The Bertz CT molecular complexity index is 352. The minimum atomic E-state index is -1.44. The number of unbranched alkanes of at least 4 members (excludes halogenated alkanes) is 2. The second-order valence-corrected chi connectivity index (χ2v) is 3.87. The summed E-state index contributed by atoms with van der Waals surface area (Å²) in [5.41, 5.74) is 5.78. The summed E-state index contributed by atoms with van der Waals surface area (Å²) in [6.07, 6.45) is 3.47. The van der Waals surface area contributed by atoms with Gasteiger partial charge in [0.25, 0.3) is 0 Å². The third kappa shape index (κ3) is 2.98. The molecule has 0 saturated carbocycles. The molecule has 0 heterocycles. The number of hydrogen-bond donors (Lipinski definition) is 1. The first-order valence-electron chi connectivity index (χ1n) is 5.46. The van der Waals surface area contributed by atoms with E-state index in [-0.39, 0.29) is 5.56 Å². The van der Waals surface area contributed by atoms with Crippen LogP contribution in [0, 0.1) is 17.5 Å². The predicted molar refractivity (Wildman–Crippen MR) is 57.4 cm³/mol. The lowest BCUT2D eigenvalue weighted by Crippen LogP contribution is -2.13. The van der Waals surface area contributed by atoms with Crippen molar-refractivity contribution in [2.45, 2.75) is 38.6 Å². The van der Waals surface area contributed by atoms with Gasteiger partial charge in [-0.05, 0) is 12.5 Å². The Labute approximate surface area is 93.5 Å². The molecule has 0 amide bonds. The van der Waals surface area contributed by atoms with E-state index in [1.165, 1.54) is 6.07 Å². The molecule has 0 spiro atoms. The van der Waals surface area contributed by atoms with Crippen molar-refractivity contribution in [3.05, 3.63) is 35.1 Å². The molecule has 2 N–H and O–H groups in total. The van der Waals surface area contributed by atoms with Gasteiger partial charge in [0.15, 0.2) is 17.5 Å². The van der Waals surface area contributed by atoms with Gasteiger partial charge in [-0.15, -0.1) is 0 Å². The lowest BCUT2D eigenvalue weighted by Gasteiger charge is -2.13. The van der Waals surface area contributed by atoms with Crippen LogP contribution < -0.4 is 5.73 Å². The Hall–Kier alpha value is -1.03. The summed E-state index contributed by atoms with van der Waals surface area (Å²) < 4.78 is 38.9. The molecule has 16 heavy (non-hydrogen) atoms. The molecule has 1 nitrogen and oxygen atoms in total. The zero-order valence-electron chi connectivity index (χ0n) is 9.27. The van der Waals surface area contributed by atoms with Gasteiger partial charge in [0.2, 0.25) is 0 Å². The first-order chi connectivity index (χ1) is 7.57. The summed E-state index contributed by atoms with van der Waals surface area (Å²) in [5, 5.41) is 0. The first-order valence-corrected chi connectivity index (χ1v) is 5.46. The van der Waals surface area contributed by atoms with Crippen LogP contribution >= 0.6 is 0 Å². The summed E-state index contributed by atoms with van der Waals surface area (Å²) in [7, 11) is 0. The van der Waals surface area contributed by atoms with Gasteiger partial charge in [-0.1, -0.05) is 32.3 Å². The SMILES string of the molecule is CCCCCC(N)c1ccc(F)c(F)c1F. The van der Waals surface area contributed by atoms with Crippen molar-refractivity contribution in [2.75, 3.05) is 0 Å². The highest BCUT2D eigenvalue weighted by molar-refractivity contribution is 5.23. The molecule has 0 saturated heterocycles. The molecule has 1 aromatic carbocycles. The summed E-state index contributed by atoms with van der Waals surface area (Å²) in [6, 6.07) is 1.55. The van der Waals surface area contributed by atoms with Crippen LogP contribution in [0.25, 0.3) is 0 Å². The highest BCUT2D eigenvalue weighted by Gasteiger charge is 2.17. The van der Waals surface area contributed by atoms with E-state index < -0.39 is 23.5 Å². The lowest BCUT2D eigenvalue weighted by atomic mass is 10.0. The van der Waals surface area contributed by atoms with Crippen LogP contribution in [0.5, 0.6) is 0 Å². The fourth-order valence-corrected chi connectivity index (χ4v) is 1.60. The van der Waals surface area contributed by atoms with Gasteiger partial charge in [0, 0.05) is 11.6 Å². The average Bonchev–Trinajstić information content (AvgIpc) is 2.26. The number of hydrogen-bond acceptors (Lipinski definition) is 1. The molecule has 1 unspecified atom stereocenters. The van der Waals surface area contributed by atoms with Gasteiger partial charge in [0.05, 0.1) is 0 Å². The maximum absolute atomic E-state index is 13.3. The van der Waals surface area contributed by atoms with E-state index in [1.54, 1.807) is 0 Å². The van der Waals surface area contributed by atoms with Gasteiger partial charge in [0.1, 0.15) is 0 Å². The zero-order chi connectivity index (χ0) is 12.1. The highest BCUT2D eigenvalue weighted by atomic mass is 19.2. The fraction of sp³-hybridized carbons (Fsp3) is 0.500. The van der Waals surface area contributed by atoms with Crippen LogP contribution in [-0.2, 0) is 0 Å². The topological polar surface area (TPSA) is 26.0 Å². The van der Waals surface area contributed by atoms with Crippen LogP contribution in [-0.4, -0.2) is 0 Å². The Morgan fingerprint density at radius 2 is 1.81 bits per heavy atom. The summed E-state index contributed by atoms with van der Waals surface area (Å²) in [6.45, 7) is 2.05. The molecular weight excluding hydrogens is 215 g/mol. The Balaban J connectivity index is 2.76. The van der Waals surface area contributed by atoms with Gasteiger partial charge in [-0.3, -0.25) is 0 Å². The van der Waals surface area contributed by atoms with Crippen molar-refractivity contribution in [3.8, 4) is 0 Å². The van der Waals surface area contributed by atoms with Gasteiger partial charge >= 0.3 is 0 Å². The molecule has 1 rings (SSSR count). The predicted octanol–water partition coefficient (Wildman–Crippen LogP) is 3.68. The maximum atomic E-state index is 13.3. The number of benzene rings is 1. The van der Waals surface area contributed by atoms with Crippen molar-refractivity contribution in [2.24, 2.45) is 5.73 Å². The molecule has 0 bridgehead atoms. The smallest absolute Gasteiger partial charge is 0.194 e.